The smallest absolute Gasteiger partial charge is 0.309 e. The number of aliphatic carboxylic acids is 1. The normalized spacial score (nSPS) is 35.2. The number of carbonyl (C=O) groups excluding carboxylic acids is 3. The zero-order valence-corrected chi connectivity index (χ0v) is 36.5. The van der Waals surface area contributed by atoms with Crippen molar-refractivity contribution in [2.24, 2.45) is 56.2 Å². The number of nitrogens with zero attached hydrogens (tertiary/aromatic N) is 2. The molecule has 1 aromatic heterocycles. The number of hydrogen-bond acceptors (Lipinski definition) is 8. The molecule has 0 radical (unpaired) electrons. The first-order valence-corrected chi connectivity index (χ1v) is 21.8. The number of aromatic nitrogens is 1. The van der Waals surface area contributed by atoms with Gasteiger partial charge in [-0.1, -0.05) is 54.0 Å². The fraction of sp³-hybridized carbons (Fsp3) is 0.766. The third kappa shape index (κ3) is 7.42. The molecule has 9 atom stereocenters. The Morgan fingerprint density at radius 3 is 2.28 bits per heavy atom. The number of nitrogens with one attached hydrogen (secondary N) is 1. The highest BCUT2D eigenvalue weighted by molar-refractivity contribution is 6.00. The lowest BCUT2D eigenvalue weighted by atomic mass is 9.33. The molecule has 1 aromatic rings. The summed E-state index contributed by atoms with van der Waals surface area (Å²) in [6.07, 6.45) is 10.3. The molecule has 0 saturated heterocycles. The van der Waals surface area contributed by atoms with Crippen molar-refractivity contribution < 1.29 is 34.1 Å². The minimum Gasteiger partial charge on any atom is -0.481 e. The maximum absolute atomic E-state index is 14.3. The summed E-state index contributed by atoms with van der Waals surface area (Å²) < 4.78 is 6.18. The second-order valence-corrected chi connectivity index (χ2v) is 21.1. The molecule has 4 fully saturated rings. The van der Waals surface area contributed by atoms with Crippen LogP contribution >= 0.6 is 0 Å². The minimum absolute atomic E-state index is 0.00977. The van der Waals surface area contributed by atoms with E-state index in [0.29, 0.717) is 44.4 Å². The van der Waals surface area contributed by atoms with Crippen LogP contribution in [0.5, 0.6) is 0 Å². The van der Waals surface area contributed by atoms with Crippen molar-refractivity contribution >= 4 is 23.6 Å². The summed E-state index contributed by atoms with van der Waals surface area (Å²) in [5.41, 5.74) is 1.21. The Hall–Kier alpha value is -3.11. The maximum atomic E-state index is 14.3. The molecule has 10 heteroatoms. The number of ketones is 1. The summed E-state index contributed by atoms with van der Waals surface area (Å²) >= 11 is 0. The number of carboxylic acid groups (broad SMARTS) is 1. The zero-order valence-electron chi connectivity index (χ0n) is 36.5. The van der Waals surface area contributed by atoms with E-state index < -0.39 is 28.9 Å². The Morgan fingerprint density at radius 2 is 1.65 bits per heavy atom. The average Bonchev–Trinajstić information content (AvgIpc) is 3.43. The van der Waals surface area contributed by atoms with E-state index in [1.807, 2.05) is 12.1 Å². The number of hydrogen-bond donors (Lipinski definition) is 3. The highest BCUT2D eigenvalue weighted by atomic mass is 16.5. The number of rotatable bonds is 13. The van der Waals surface area contributed by atoms with E-state index in [-0.39, 0.29) is 57.7 Å². The lowest BCUT2D eigenvalue weighted by Crippen LogP contribution is -2.66. The number of carbonyl (C=O) groups is 4. The Kier molecular flexibility index (Phi) is 11.8. The molecule has 0 spiro atoms. The van der Waals surface area contributed by atoms with Gasteiger partial charge in [-0.25, -0.2) is 0 Å². The minimum atomic E-state index is -1.18. The second-order valence-electron chi connectivity index (χ2n) is 21.1. The summed E-state index contributed by atoms with van der Waals surface area (Å²) in [7, 11) is 0. The third-order valence-corrected chi connectivity index (χ3v) is 16.9. The number of pyridine rings is 1. The predicted molar refractivity (Wildman–Crippen MR) is 220 cm³/mol. The van der Waals surface area contributed by atoms with E-state index in [2.05, 4.69) is 63.7 Å². The van der Waals surface area contributed by atoms with Gasteiger partial charge in [0.05, 0.1) is 17.9 Å². The summed E-state index contributed by atoms with van der Waals surface area (Å²) in [5.74, 6) is -0.256. The van der Waals surface area contributed by atoms with Gasteiger partial charge >= 0.3 is 11.9 Å². The molecule has 4 saturated carbocycles. The third-order valence-electron chi connectivity index (χ3n) is 16.9. The van der Waals surface area contributed by atoms with E-state index in [1.54, 1.807) is 26.2 Å². The van der Waals surface area contributed by atoms with E-state index in [1.165, 1.54) is 12.5 Å². The molecule has 1 amide bonds. The van der Waals surface area contributed by atoms with E-state index in [4.69, 9.17) is 4.74 Å². The van der Waals surface area contributed by atoms with Crippen molar-refractivity contribution in [1.82, 2.24) is 15.2 Å². The van der Waals surface area contributed by atoms with Gasteiger partial charge in [0.2, 0.25) is 5.91 Å². The fourth-order valence-corrected chi connectivity index (χ4v) is 13.7. The summed E-state index contributed by atoms with van der Waals surface area (Å²) in [4.78, 5) is 57.4. The highest BCUT2D eigenvalue weighted by Crippen LogP contribution is 2.77. The van der Waals surface area contributed by atoms with Crippen LogP contribution in [0.25, 0.3) is 0 Å². The molecule has 6 rings (SSSR count). The second kappa shape index (κ2) is 15.5. The van der Waals surface area contributed by atoms with Gasteiger partial charge in [0.25, 0.3) is 0 Å². The molecular weight excluding hydrogens is 719 g/mol. The van der Waals surface area contributed by atoms with Gasteiger partial charge in [-0.05, 0) is 128 Å². The van der Waals surface area contributed by atoms with Crippen LogP contribution < -0.4 is 5.32 Å². The average molecular weight is 790 g/mol. The van der Waals surface area contributed by atoms with E-state index in [0.717, 1.165) is 62.5 Å². The van der Waals surface area contributed by atoms with Crippen molar-refractivity contribution in [3.05, 3.63) is 41.2 Å². The lowest BCUT2D eigenvalue weighted by molar-refractivity contribution is -0.235. The number of carboxylic acids is 1. The van der Waals surface area contributed by atoms with Crippen LogP contribution in [0, 0.1) is 56.2 Å². The first-order chi connectivity index (χ1) is 26.5. The molecule has 5 aliphatic rings. The molecule has 57 heavy (non-hydrogen) atoms. The standard InChI is InChI=1S/C47H71N3O7/c1-29(2)39-33(52)25-47(36(53)28-50(24-23-49-30(3)51)27-31-15-21-48-22-16-31)20-19-45(9)32(40(39)47)11-12-35-44(8)17-14-37(57-38(54)26-42(4,5)41(55)56)43(6,7)34(44)13-18-46(35,45)10/h15-16,21-22,29,32,34-37,53H,11-14,17-20,23-28H2,1-10H3,(H,49,51)(H,55,56)/t32-,34+,35-,36+,37?,44+,45-,46-,47+/m1/s1. The number of esters is 1. The predicted octanol–water partition coefficient (Wildman–Crippen LogP) is 7.77. The number of allylic oxidation sites excluding steroid dienone is 1. The number of aliphatic hydroxyl groups excluding tert-OH is 1. The Morgan fingerprint density at radius 1 is 0.965 bits per heavy atom. The van der Waals surface area contributed by atoms with Crippen molar-refractivity contribution in [2.45, 2.75) is 152 Å². The van der Waals surface area contributed by atoms with Crippen LogP contribution in [0.3, 0.4) is 0 Å². The highest BCUT2D eigenvalue weighted by Gasteiger charge is 2.71. The first-order valence-electron chi connectivity index (χ1n) is 21.8. The monoisotopic (exact) mass is 790 g/mol. The quantitative estimate of drug-likeness (QED) is 0.171. The van der Waals surface area contributed by atoms with E-state index >= 15 is 0 Å². The summed E-state index contributed by atoms with van der Waals surface area (Å²) in [6, 6.07) is 3.97. The molecule has 5 aliphatic carbocycles. The Balaban J connectivity index is 1.28. The largest absolute Gasteiger partial charge is 0.481 e. The number of Topliss-reactive ketones (excluding diaryl/α,β-unsaturated/α-hetero) is 1. The number of ether oxygens (including phenoxy) is 1. The van der Waals surface area contributed by atoms with Crippen LogP contribution in [-0.4, -0.2) is 75.6 Å². The topological polar surface area (TPSA) is 146 Å². The molecule has 0 bridgehead atoms. The van der Waals surface area contributed by atoms with Gasteiger partial charge in [-0.3, -0.25) is 29.1 Å². The molecule has 0 aliphatic heterocycles. The van der Waals surface area contributed by atoms with Crippen LogP contribution in [-0.2, 0) is 30.5 Å². The fourth-order valence-electron chi connectivity index (χ4n) is 13.7. The van der Waals surface area contributed by atoms with Crippen molar-refractivity contribution in [3.63, 3.8) is 0 Å². The van der Waals surface area contributed by atoms with Gasteiger partial charge < -0.3 is 20.3 Å². The molecule has 316 valence electrons. The molecule has 0 aromatic carbocycles. The van der Waals surface area contributed by atoms with E-state index in [9.17, 15) is 29.4 Å². The van der Waals surface area contributed by atoms with Crippen molar-refractivity contribution in [2.75, 3.05) is 19.6 Å². The Labute approximate surface area is 341 Å². The van der Waals surface area contributed by atoms with Crippen LogP contribution in [0.1, 0.15) is 139 Å². The zero-order chi connectivity index (χ0) is 41.9. The lowest BCUT2D eigenvalue weighted by Gasteiger charge is -2.72. The van der Waals surface area contributed by atoms with Gasteiger partial charge in [-0.2, -0.15) is 0 Å². The summed E-state index contributed by atoms with van der Waals surface area (Å²) in [5, 5.41) is 25.2. The molecule has 1 unspecified atom stereocenters. The van der Waals surface area contributed by atoms with Crippen LogP contribution in [0.2, 0.25) is 0 Å². The molecule has 3 N–H and O–H groups in total. The van der Waals surface area contributed by atoms with Crippen molar-refractivity contribution in [3.8, 4) is 0 Å². The van der Waals surface area contributed by atoms with Crippen LogP contribution in [0.4, 0.5) is 0 Å². The van der Waals surface area contributed by atoms with Gasteiger partial charge in [-0.15, -0.1) is 0 Å². The maximum Gasteiger partial charge on any atom is 0.309 e. The number of amides is 1. The summed E-state index contributed by atoms with van der Waals surface area (Å²) in [6.45, 7) is 23.1. The van der Waals surface area contributed by atoms with Gasteiger partial charge in [0, 0.05) is 62.7 Å². The number of aliphatic hydroxyl groups is 1. The van der Waals surface area contributed by atoms with Gasteiger partial charge in [0.15, 0.2) is 5.78 Å². The van der Waals surface area contributed by atoms with Crippen molar-refractivity contribution in [1.29, 1.82) is 0 Å². The molecule has 1 heterocycles. The SMILES string of the molecule is CC(=O)NCCN(Cc1ccncc1)C[C@H](O)[C@@]12CC[C@]3(C)[C@H](CC[C@@H]4[C@@]5(C)CCC(OC(=O)CC(C)(C)C(=O)O)C(C)(C)[C@@H]5CC[C@]43C)C1=C(C(C)C)C(=O)C2. The molecular formula is C47H71N3O7. The van der Waals surface area contributed by atoms with Gasteiger partial charge in [0.1, 0.15) is 6.10 Å². The first kappa shape index (κ1) is 43.5. The van der Waals surface area contributed by atoms with Crippen LogP contribution in [0.15, 0.2) is 35.7 Å². The number of fused-ring (bicyclic) bond motifs is 7. The Bertz CT molecular complexity index is 1760. The molecule has 10 nitrogen and oxygen atoms in total.